The van der Waals surface area contributed by atoms with Crippen LogP contribution in [0.1, 0.15) is 57.6 Å². The fraction of sp³-hybridized carbons (Fsp3) is 0.304. The summed E-state index contributed by atoms with van der Waals surface area (Å²) in [5.41, 5.74) is 0.644. The maximum Gasteiger partial charge on any atom is 0.433 e. The van der Waals surface area contributed by atoms with Crippen LogP contribution in [0.5, 0.6) is 0 Å². The third-order valence-electron chi connectivity index (χ3n) is 5.96. The second-order valence-electron chi connectivity index (χ2n) is 8.50. The van der Waals surface area contributed by atoms with Crippen LogP contribution >= 0.6 is 11.6 Å². The molecule has 1 saturated carbocycles. The molecule has 35 heavy (non-hydrogen) atoms. The van der Waals surface area contributed by atoms with E-state index in [1.54, 1.807) is 19.9 Å². The standard InChI is InChI=1S/C23H19ClF4N6O/c1-11-21(12(2)33(31-11)10-14-15(24)4-3-5-16(14)25)30-22(35)18-9-20-29-17(13-6-7-13)8-19(23(26,27)28)34(20)32-18/h3-5,8-9,13H,6-7,10H2,1-2H3,(H,30,35). The number of aryl methyl sites for hydroxylation is 1. The second-order valence-corrected chi connectivity index (χ2v) is 8.90. The van der Waals surface area contributed by atoms with Crippen molar-refractivity contribution in [1.29, 1.82) is 0 Å². The number of halogens is 5. The van der Waals surface area contributed by atoms with Gasteiger partial charge in [0.2, 0.25) is 0 Å². The van der Waals surface area contributed by atoms with E-state index in [0.29, 0.717) is 27.3 Å². The van der Waals surface area contributed by atoms with Crippen LogP contribution in [0.3, 0.4) is 0 Å². The average Bonchev–Trinajstić information content (AvgIpc) is 3.49. The molecule has 7 nitrogen and oxygen atoms in total. The number of benzene rings is 1. The summed E-state index contributed by atoms with van der Waals surface area (Å²) in [5.74, 6) is -1.21. The first kappa shape index (κ1) is 23.3. The van der Waals surface area contributed by atoms with Crippen LogP contribution in [0.15, 0.2) is 30.3 Å². The molecular formula is C23H19ClF4N6O. The van der Waals surface area contributed by atoms with Gasteiger partial charge in [-0.3, -0.25) is 9.48 Å². The molecule has 182 valence electrons. The van der Waals surface area contributed by atoms with Crippen molar-refractivity contribution in [3.63, 3.8) is 0 Å². The van der Waals surface area contributed by atoms with E-state index in [0.717, 1.165) is 18.9 Å². The molecule has 0 unspecified atom stereocenters. The topological polar surface area (TPSA) is 77.1 Å². The molecule has 5 rings (SSSR count). The molecule has 0 atom stereocenters. The van der Waals surface area contributed by atoms with E-state index in [1.165, 1.54) is 22.9 Å². The lowest BCUT2D eigenvalue weighted by Gasteiger charge is -2.10. The number of nitrogens with one attached hydrogen (secondary N) is 1. The molecule has 1 amide bonds. The molecule has 1 aliphatic rings. The molecule has 1 aromatic carbocycles. The van der Waals surface area contributed by atoms with E-state index < -0.39 is 23.6 Å². The number of hydrogen-bond donors (Lipinski definition) is 1. The van der Waals surface area contributed by atoms with Gasteiger partial charge in [-0.1, -0.05) is 17.7 Å². The highest BCUT2D eigenvalue weighted by Crippen LogP contribution is 2.41. The number of carbonyl (C=O) groups excluding carboxylic acids is 1. The third kappa shape index (κ3) is 4.36. The average molecular weight is 507 g/mol. The van der Waals surface area contributed by atoms with E-state index in [4.69, 9.17) is 11.6 Å². The summed E-state index contributed by atoms with van der Waals surface area (Å²) in [4.78, 5) is 17.2. The minimum atomic E-state index is -4.66. The van der Waals surface area contributed by atoms with Crippen molar-refractivity contribution < 1.29 is 22.4 Å². The first-order valence-electron chi connectivity index (χ1n) is 10.8. The predicted molar refractivity (Wildman–Crippen MR) is 120 cm³/mol. The number of hydrogen-bond acceptors (Lipinski definition) is 4. The Morgan fingerprint density at radius 3 is 2.60 bits per heavy atom. The number of alkyl halides is 3. The molecule has 0 aliphatic heterocycles. The predicted octanol–water partition coefficient (Wildman–Crippen LogP) is 5.53. The van der Waals surface area contributed by atoms with Gasteiger partial charge in [0.1, 0.15) is 11.5 Å². The number of rotatable bonds is 5. The number of anilines is 1. The summed E-state index contributed by atoms with van der Waals surface area (Å²) in [6.45, 7) is 3.36. The van der Waals surface area contributed by atoms with Gasteiger partial charge in [-0.2, -0.15) is 23.4 Å². The van der Waals surface area contributed by atoms with Crippen LogP contribution in [0.4, 0.5) is 23.2 Å². The van der Waals surface area contributed by atoms with Crippen molar-refractivity contribution in [1.82, 2.24) is 24.4 Å². The van der Waals surface area contributed by atoms with E-state index in [9.17, 15) is 22.4 Å². The van der Waals surface area contributed by atoms with Crippen molar-refractivity contribution in [2.24, 2.45) is 0 Å². The summed E-state index contributed by atoms with van der Waals surface area (Å²) in [6, 6.07) is 6.57. The Morgan fingerprint density at radius 2 is 1.94 bits per heavy atom. The molecule has 0 spiro atoms. The third-order valence-corrected chi connectivity index (χ3v) is 6.31. The van der Waals surface area contributed by atoms with E-state index in [2.05, 4.69) is 20.5 Å². The zero-order valence-electron chi connectivity index (χ0n) is 18.6. The van der Waals surface area contributed by atoms with Crippen molar-refractivity contribution in [2.45, 2.75) is 45.3 Å². The maximum absolute atomic E-state index is 14.2. The normalized spacial score (nSPS) is 14.0. The van der Waals surface area contributed by atoms with Crippen LogP contribution in [0.25, 0.3) is 5.65 Å². The van der Waals surface area contributed by atoms with Gasteiger partial charge in [0, 0.05) is 28.3 Å². The van der Waals surface area contributed by atoms with E-state index in [1.807, 2.05) is 0 Å². The minimum Gasteiger partial charge on any atom is -0.317 e. The molecule has 3 aromatic heterocycles. The Morgan fingerprint density at radius 1 is 1.20 bits per heavy atom. The minimum absolute atomic E-state index is 0.00707. The fourth-order valence-corrected chi connectivity index (χ4v) is 4.16. The smallest absolute Gasteiger partial charge is 0.317 e. The quantitative estimate of drug-likeness (QED) is 0.361. The highest BCUT2D eigenvalue weighted by atomic mass is 35.5. The zero-order valence-corrected chi connectivity index (χ0v) is 19.4. The van der Waals surface area contributed by atoms with E-state index >= 15 is 0 Å². The molecule has 0 radical (unpaired) electrons. The van der Waals surface area contributed by atoms with Crippen molar-refractivity contribution in [2.75, 3.05) is 5.32 Å². The van der Waals surface area contributed by atoms with Crippen LogP contribution < -0.4 is 5.32 Å². The van der Waals surface area contributed by atoms with Crippen LogP contribution in [0.2, 0.25) is 5.02 Å². The Kier molecular flexibility index (Phi) is 5.54. The Balaban J connectivity index is 1.46. The number of fused-ring (bicyclic) bond motifs is 1. The number of aromatic nitrogens is 5. The molecule has 12 heteroatoms. The molecule has 1 aliphatic carbocycles. The van der Waals surface area contributed by atoms with Crippen molar-refractivity contribution in [3.8, 4) is 0 Å². The molecular weight excluding hydrogens is 488 g/mol. The largest absolute Gasteiger partial charge is 0.433 e. The molecule has 3 heterocycles. The van der Waals surface area contributed by atoms with Gasteiger partial charge in [0.25, 0.3) is 5.91 Å². The summed E-state index contributed by atoms with van der Waals surface area (Å²) >= 11 is 6.11. The number of nitrogens with zero attached hydrogens (tertiary/aromatic N) is 5. The lowest BCUT2D eigenvalue weighted by atomic mass is 10.2. The van der Waals surface area contributed by atoms with Crippen LogP contribution in [-0.2, 0) is 12.7 Å². The van der Waals surface area contributed by atoms with Crippen molar-refractivity contribution >= 4 is 28.8 Å². The number of amides is 1. The van der Waals surface area contributed by atoms with Gasteiger partial charge < -0.3 is 5.32 Å². The van der Waals surface area contributed by atoms with Crippen LogP contribution in [0, 0.1) is 19.7 Å². The molecule has 0 bridgehead atoms. The summed E-state index contributed by atoms with van der Waals surface area (Å²) in [7, 11) is 0. The Bertz CT molecular complexity index is 1450. The Hall–Kier alpha value is -3.47. The highest BCUT2D eigenvalue weighted by Gasteiger charge is 2.37. The van der Waals surface area contributed by atoms with Gasteiger partial charge in [-0.25, -0.2) is 13.9 Å². The first-order valence-corrected chi connectivity index (χ1v) is 11.2. The molecule has 0 saturated heterocycles. The first-order chi connectivity index (χ1) is 16.5. The number of carbonyl (C=O) groups is 1. The monoisotopic (exact) mass is 506 g/mol. The lowest BCUT2D eigenvalue weighted by Crippen LogP contribution is -2.16. The van der Waals surface area contributed by atoms with Gasteiger partial charge in [-0.05, 0) is 44.9 Å². The highest BCUT2D eigenvalue weighted by molar-refractivity contribution is 6.31. The second kappa shape index (κ2) is 8.33. The zero-order chi connectivity index (χ0) is 25.1. The Labute approximate surface area is 201 Å². The SMILES string of the molecule is Cc1nn(Cc2c(F)cccc2Cl)c(C)c1NC(=O)c1cc2nc(C3CC3)cc(C(F)(F)F)n2n1. The maximum atomic E-state index is 14.2. The molecule has 1 N–H and O–H groups in total. The van der Waals surface area contributed by atoms with Crippen LogP contribution in [-0.4, -0.2) is 30.3 Å². The van der Waals surface area contributed by atoms with Gasteiger partial charge in [-0.15, -0.1) is 0 Å². The lowest BCUT2D eigenvalue weighted by molar-refractivity contribution is -0.142. The van der Waals surface area contributed by atoms with Gasteiger partial charge >= 0.3 is 6.18 Å². The summed E-state index contributed by atoms with van der Waals surface area (Å²) in [6.07, 6.45) is -3.10. The fourth-order valence-electron chi connectivity index (χ4n) is 3.94. The molecule has 1 fully saturated rings. The van der Waals surface area contributed by atoms with Gasteiger partial charge in [0.05, 0.1) is 23.6 Å². The van der Waals surface area contributed by atoms with Gasteiger partial charge in [0.15, 0.2) is 11.3 Å². The van der Waals surface area contributed by atoms with E-state index in [-0.39, 0.29) is 34.4 Å². The molecule has 4 aromatic rings. The summed E-state index contributed by atoms with van der Waals surface area (Å²) in [5, 5.41) is 11.1. The van der Waals surface area contributed by atoms with Crippen molar-refractivity contribution in [3.05, 3.63) is 75.2 Å². The summed E-state index contributed by atoms with van der Waals surface area (Å²) < 4.78 is 57.3.